The molecular formula is C59H61N3. The standard InChI is InChI=1S/C57H59N3.C2H2/c1-6-8-22-42(3)51-37-35-49(41-55(51)59-50-27-18-13-19-28-50)47-36-38-57-53(39-47)52-29-20-21-30-56(52)60(57)43(4)31-32-44(7-2)33-34-48(45-23-14-9-10-15-24-45)40-54(58-5)46-25-16-11-12-17-26-46;1-2/h6,8-9,11-32,35-41,46,48,58-59H,7,10,33-34H2,1-5H3;1-2H/b8-6-,42-22+,43-31+,44-32+,54-40-;. The van der Waals surface area contributed by atoms with Crippen molar-refractivity contribution in [1.82, 2.24) is 9.88 Å². The van der Waals surface area contributed by atoms with Crippen molar-refractivity contribution in [3.63, 3.8) is 0 Å². The average molecular weight is 812 g/mol. The molecular weight excluding hydrogens is 751 g/mol. The van der Waals surface area contributed by atoms with Gasteiger partial charge >= 0.3 is 0 Å². The van der Waals surface area contributed by atoms with Gasteiger partial charge in [0.2, 0.25) is 0 Å². The zero-order valence-electron chi connectivity index (χ0n) is 37.1. The van der Waals surface area contributed by atoms with Crippen molar-refractivity contribution in [2.75, 3.05) is 12.4 Å². The van der Waals surface area contributed by atoms with E-state index in [0.717, 1.165) is 37.1 Å². The third kappa shape index (κ3) is 11.0. The lowest BCUT2D eigenvalue weighted by molar-refractivity contribution is 0.653. The molecule has 312 valence electrons. The summed E-state index contributed by atoms with van der Waals surface area (Å²) in [5.41, 5.74) is 14.6. The van der Waals surface area contributed by atoms with Gasteiger partial charge in [0.25, 0.3) is 0 Å². The molecule has 7 rings (SSSR count). The Balaban J connectivity index is 0.00000316. The molecule has 1 heterocycles. The molecule has 5 aromatic rings. The van der Waals surface area contributed by atoms with Gasteiger partial charge in [0.15, 0.2) is 0 Å². The Morgan fingerprint density at radius 1 is 0.790 bits per heavy atom. The maximum absolute atomic E-state index is 4.00. The molecule has 1 atom stereocenters. The summed E-state index contributed by atoms with van der Waals surface area (Å²) in [4.78, 5) is 0. The van der Waals surface area contributed by atoms with Gasteiger partial charge in [-0.1, -0.05) is 164 Å². The number of fused-ring (bicyclic) bond motifs is 3. The number of allylic oxidation sites excluding steroid dienone is 20. The van der Waals surface area contributed by atoms with Crippen LogP contribution in [0.25, 0.3) is 44.2 Å². The number of benzene rings is 4. The number of nitrogens with zero attached hydrogens (tertiary/aromatic N) is 1. The molecule has 1 unspecified atom stereocenters. The van der Waals surface area contributed by atoms with Gasteiger partial charge in [-0.15, -0.1) is 12.8 Å². The molecule has 2 N–H and O–H groups in total. The fraction of sp³-hybridized carbons (Fsp3) is 0.186. The molecule has 2 aliphatic rings. The minimum atomic E-state index is 0.224. The number of hydrogen-bond acceptors (Lipinski definition) is 2. The van der Waals surface area contributed by atoms with E-state index < -0.39 is 0 Å². The van der Waals surface area contributed by atoms with Crippen molar-refractivity contribution < 1.29 is 0 Å². The van der Waals surface area contributed by atoms with Crippen LogP contribution in [0.4, 0.5) is 11.4 Å². The summed E-state index contributed by atoms with van der Waals surface area (Å²) in [6.07, 6.45) is 49.9. The number of terminal acetylenes is 1. The number of rotatable bonds is 15. The fourth-order valence-corrected chi connectivity index (χ4v) is 8.28. The molecule has 2 aliphatic carbocycles. The summed E-state index contributed by atoms with van der Waals surface area (Å²) in [6.45, 7) is 8.76. The highest BCUT2D eigenvalue weighted by molar-refractivity contribution is 6.11. The van der Waals surface area contributed by atoms with E-state index in [1.165, 1.54) is 66.6 Å². The Kier molecular flexibility index (Phi) is 16.2. The van der Waals surface area contributed by atoms with Crippen molar-refractivity contribution in [2.24, 2.45) is 11.8 Å². The van der Waals surface area contributed by atoms with Gasteiger partial charge in [0.05, 0.1) is 11.0 Å². The van der Waals surface area contributed by atoms with Gasteiger partial charge in [0, 0.05) is 58.0 Å². The predicted molar refractivity (Wildman–Crippen MR) is 273 cm³/mol. The summed E-state index contributed by atoms with van der Waals surface area (Å²) in [5, 5.41) is 9.76. The van der Waals surface area contributed by atoms with Gasteiger partial charge in [-0.25, -0.2) is 0 Å². The molecule has 0 bridgehead atoms. The molecule has 0 fully saturated rings. The number of anilines is 2. The topological polar surface area (TPSA) is 29.0 Å². The van der Waals surface area contributed by atoms with Crippen molar-refractivity contribution in [3.05, 3.63) is 217 Å². The Labute approximate surface area is 371 Å². The van der Waals surface area contributed by atoms with Crippen molar-refractivity contribution in [1.29, 1.82) is 0 Å². The monoisotopic (exact) mass is 811 g/mol. The third-order valence-electron chi connectivity index (χ3n) is 11.6. The molecule has 0 saturated heterocycles. The second-order valence-corrected chi connectivity index (χ2v) is 15.6. The van der Waals surface area contributed by atoms with E-state index in [2.05, 4.69) is 250 Å². The van der Waals surface area contributed by atoms with Crippen LogP contribution in [0.2, 0.25) is 0 Å². The van der Waals surface area contributed by atoms with E-state index in [4.69, 9.17) is 0 Å². The van der Waals surface area contributed by atoms with Crippen molar-refractivity contribution in [3.8, 4) is 24.0 Å². The van der Waals surface area contributed by atoms with E-state index in [0.29, 0.717) is 0 Å². The molecule has 0 saturated carbocycles. The highest BCUT2D eigenvalue weighted by atomic mass is 15.0. The highest BCUT2D eigenvalue weighted by Gasteiger charge is 2.17. The third-order valence-corrected chi connectivity index (χ3v) is 11.6. The quantitative estimate of drug-likeness (QED) is 0.0814. The number of aromatic nitrogens is 1. The first-order chi connectivity index (χ1) is 30.5. The molecule has 3 heteroatoms. The zero-order chi connectivity index (χ0) is 43.7. The predicted octanol–water partition coefficient (Wildman–Crippen LogP) is 15.9. The summed E-state index contributed by atoms with van der Waals surface area (Å²) in [7, 11) is 2.05. The maximum Gasteiger partial charge on any atom is 0.0538 e. The molecule has 1 aromatic heterocycles. The smallest absolute Gasteiger partial charge is 0.0538 e. The van der Waals surface area contributed by atoms with Crippen LogP contribution in [0, 0.1) is 24.7 Å². The van der Waals surface area contributed by atoms with Gasteiger partial charge < -0.3 is 15.2 Å². The molecule has 4 aromatic carbocycles. The van der Waals surface area contributed by atoms with Crippen molar-refractivity contribution in [2.45, 2.75) is 53.4 Å². The Bertz CT molecular complexity index is 2670. The second kappa shape index (κ2) is 22.5. The number of nitrogens with one attached hydrogen (secondary N) is 2. The highest BCUT2D eigenvalue weighted by Crippen LogP contribution is 2.37. The minimum absolute atomic E-state index is 0.224. The van der Waals surface area contributed by atoms with Gasteiger partial charge in [-0.3, -0.25) is 0 Å². The second-order valence-electron chi connectivity index (χ2n) is 15.6. The number of para-hydroxylation sites is 2. The largest absolute Gasteiger partial charge is 0.391 e. The summed E-state index contributed by atoms with van der Waals surface area (Å²) < 4.78 is 2.43. The van der Waals surface area contributed by atoms with E-state index in [1.807, 2.05) is 7.05 Å². The van der Waals surface area contributed by atoms with Crippen LogP contribution in [0.1, 0.15) is 58.9 Å². The van der Waals surface area contributed by atoms with E-state index in [1.54, 1.807) is 0 Å². The van der Waals surface area contributed by atoms with Crippen LogP contribution in [0.3, 0.4) is 0 Å². The van der Waals surface area contributed by atoms with Crippen LogP contribution in [-0.4, -0.2) is 11.6 Å². The lowest BCUT2D eigenvalue weighted by atomic mass is 9.88. The number of hydrogen-bond donors (Lipinski definition) is 2. The molecule has 0 aliphatic heterocycles. The van der Waals surface area contributed by atoms with Crippen LogP contribution in [-0.2, 0) is 0 Å². The summed E-state index contributed by atoms with van der Waals surface area (Å²) in [5.74, 6) is 0.512. The summed E-state index contributed by atoms with van der Waals surface area (Å²) in [6, 6.07) is 33.0. The molecule has 0 amide bonds. The van der Waals surface area contributed by atoms with E-state index in [-0.39, 0.29) is 11.8 Å². The first kappa shape index (κ1) is 44.5. The Morgan fingerprint density at radius 2 is 1.52 bits per heavy atom. The normalized spacial score (nSPS) is 15.4. The van der Waals surface area contributed by atoms with E-state index >= 15 is 0 Å². The average Bonchev–Trinajstić information content (AvgIpc) is 3.56. The van der Waals surface area contributed by atoms with E-state index in [9.17, 15) is 0 Å². The van der Waals surface area contributed by atoms with Crippen LogP contribution < -0.4 is 10.6 Å². The minimum Gasteiger partial charge on any atom is -0.391 e. The SMILES string of the molecule is C#C.C/C=C\C=C(/C)c1ccc(-c2ccc3c(c2)c2ccccc2n3/C(C)=C/C=C(\CC)CCC(/C=C(\NC)C2C=CC=CC=C2)C2=CC=CCC=C2)cc1Nc1ccccc1. The lowest BCUT2D eigenvalue weighted by Gasteiger charge is -2.20. The maximum atomic E-state index is 4.00. The molecule has 0 radical (unpaired) electrons. The Hall–Kier alpha value is -7.02. The molecule has 62 heavy (non-hydrogen) atoms. The Morgan fingerprint density at radius 3 is 2.27 bits per heavy atom. The van der Waals surface area contributed by atoms with Crippen LogP contribution >= 0.6 is 0 Å². The molecule has 0 spiro atoms. The van der Waals surface area contributed by atoms with Gasteiger partial charge in [-0.05, 0) is 111 Å². The fourth-order valence-electron chi connectivity index (χ4n) is 8.28. The van der Waals surface area contributed by atoms with Crippen molar-refractivity contribution >= 4 is 44.5 Å². The zero-order valence-corrected chi connectivity index (χ0v) is 37.1. The van der Waals surface area contributed by atoms with Gasteiger partial charge in [-0.2, -0.15) is 0 Å². The van der Waals surface area contributed by atoms with Gasteiger partial charge in [0.1, 0.15) is 0 Å². The van der Waals surface area contributed by atoms with Crippen LogP contribution in [0.5, 0.6) is 0 Å². The first-order valence-electron chi connectivity index (χ1n) is 21.9. The lowest BCUT2D eigenvalue weighted by Crippen LogP contribution is -2.16. The van der Waals surface area contributed by atoms with Crippen LogP contribution in [0.15, 0.2) is 211 Å². The molecule has 3 nitrogen and oxygen atoms in total. The first-order valence-corrected chi connectivity index (χ1v) is 21.9. The summed E-state index contributed by atoms with van der Waals surface area (Å²) >= 11 is 0.